The van der Waals surface area contributed by atoms with Crippen LogP contribution in [0.1, 0.15) is 51.0 Å². The molecule has 1 heterocycles. The Bertz CT molecular complexity index is 1560. The van der Waals surface area contributed by atoms with Crippen molar-refractivity contribution in [3.8, 4) is 5.75 Å². The number of hydrogen-bond donors (Lipinski definition) is 4. The molecule has 2 unspecified atom stereocenters. The fourth-order valence-electron chi connectivity index (χ4n) is 6.19. The summed E-state index contributed by atoms with van der Waals surface area (Å²) in [5, 5.41) is 31.2. The van der Waals surface area contributed by atoms with E-state index in [-0.39, 0.29) is 80.1 Å². The van der Waals surface area contributed by atoms with Crippen molar-refractivity contribution in [1.82, 2.24) is 16.0 Å². The second-order valence-electron chi connectivity index (χ2n) is 12.1. The van der Waals surface area contributed by atoms with Gasteiger partial charge in [-0.25, -0.2) is 9.59 Å². The molecule has 4 rings (SSSR count). The number of aliphatic hydroxyl groups is 1. The topological polar surface area (TPSA) is 188 Å². The van der Waals surface area contributed by atoms with E-state index in [1.807, 2.05) is 30.3 Å². The Kier molecular flexibility index (Phi) is 16.3. The van der Waals surface area contributed by atoms with Gasteiger partial charge in [-0.05, 0) is 57.2 Å². The van der Waals surface area contributed by atoms with Gasteiger partial charge in [0.25, 0.3) is 5.69 Å². The lowest BCUT2D eigenvalue weighted by Crippen LogP contribution is -2.42. The number of amides is 1. The zero-order valence-electron chi connectivity index (χ0n) is 29.1. The van der Waals surface area contributed by atoms with Crippen LogP contribution in [0.25, 0.3) is 0 Å². The van der Waals surface area contributed by atoms with Gasteiger partial charge in [0, 0.05) is 42.9 Å². The number of carbonyl (C=O) groups is 3. The molecule has 2 aromatic rings. The third kappa shape index (κ3) is 11.5. The number of methoxy groups -OCH3 is 1. The lowest BCUT2D eigenvalue weighted by Gasteiger charge is -2.31. The highest BCUT2D eigenvalue weighted by Crippen LogP contribution is 2.40. The van der Waals surface area contributed by atoms with E-state index in [1.54, 1.807) is 19.9 Å². The number of non-ortho nitro benzene ring substituents is 1. The number of nitro benzene ring substituents is 1. The highest BCUT2D eigenvalue weighted by Gasteiger charge is 2.39. The molecule has 0 saturated heterocycles. The molecule has 0 radical (unpaired) electrons. The van der Waals surface area contributed by atoms with E-state index in [0.717, 1.165) is 12.8 Å². The number of carbonyl (C=O) groups excluding carboxylic acids is 3. The minimum Gasteiger partial charge on any atom is -0.491 e. The number of halogens is 1. The standard InChI is InChI=1S/C36H46N4O10.ClH/c1-4-49-36(44)33-30(39-23(2)31(35(43)47-3)32(33)25-9-8-10-27(19-25)40(45)46)22-48-18-17-37-34(42)24-13-15-26(16-14-24)38-20-28(41)21-50-29-11-6-5-7-12-29;/h5-12,19,24,26,28,32,38-39,41H,4,13-18,20-22H2,1-3H3,(H,37,42);1H. The van der Waals surface area contributed by atoms with Crippen LogP contribution >= 0.6 is 12.4 Å². The molecule has 278 valence electrons. The Morgan fingerprint density at radius 3 is 2.43 bits per heavy atom. The van der Waals surface area contributed by atoms with E-state index in [2.05, 4.69) is 16.0 Å². The lowest BCUT2D eigenvalue weighted by atomic mass is 9.80. The Labute approximate surface area is 303 Å². The molecule has 51 heavy (non-hydrogen) atoms. The first-order valence-corrected chi connectivity index (χ1v) is 16.8. The summed E-state index contributed by atoms with van der Waals surface area (Å²) < 4.78 is 21.8. The molecule has 0 bridgehead atoms. The van der Waals surface area contributed by atoms with Crippen molar-refractivity contribution in [2.24, 2.45) is 5.92 Å². The maximum Gasteiger partial charge on any atom is 0.336 e. The van der Waals surface area contributed by atoms with Gasteiger partial charge in [0.1, 0.15) is 18.5 Å². The average molecular weight is 731 g/mol. The quantitative estimate of drug-likeness (QED) is 0.0802. The molecule has 0 spiro atoms. The van der Waals surface area contributed by atoms with Gasteiger partial charge < -0.3 is 40.0 Å². The highest BCUT2D eigenvalue weighted by molar-refractivity contribution is 6.00. The summed E-state index contributed by atoms with van der Waals surface area (Å²) >= 11 is 0. The van der Waals surface area contributed by atoms with E-state index in [4.69, 9.17) is 18.9 Å². The van der Waals surface area contributed by atoms with Gasteiger partial charge in [-0.3, -0.25) is 14.9 Å². The first-order chi connectivity index (χ1) is 24.1. The summed E-state index contributed by atoms with van der Waals surface area (Å²) in [5.74, 6) is -1.91. The van der Waals surface area contributed by atoms with Crippen molar-refractivity contribution < 1.29 is 43.4 Å². The van der Waals surface area contributed by atoms with E-state index in [0.29, 0.717) is 42.1 Å². The minimum atomic E-state index is -1.02. The Hall–Kier alpha value is -4.50. The molecule has 2 aromatic carbocycles. The average Bonchev–Trinajstić information content (AvgIpc) is 3.13. The first kappa shape index (κ1) is 40.9. The van der Waals surface area contributed by atoms with Gasteiger partial charge in [0.2, 0.25) is 5.91 Å². The molecule has 1 aliphatic heterocycles. The van der Waals surface area contributed by atoms with E-state index in [1.165, 1.54) is 25.3 Å². The number of para-hydroxylation sites is 1. The summed E-state index contributed by atoms with van der Waals surface area (Å²) in [7, 11) is 1.22. The van der Waals surface area contributed by atoms with Gasteiger partial charge in [-0.15, -0.1) is 12.4 Å². The zero-order valence-corrected chi connectivity index (χ0v) is 29.9. The molecule has 1 aliphatic carbocycles. The van der Waals surface area contributed by atoms with Crippen LogP contribution in [0.4, 0.5) is 5.69 Å². The van der Waals surface area contributed by atoms with Crippen molar-refractivity contribution in [2.75, 3.05) is 46.6 Å². The summed E-state index contributed by atoms with van der Waals surface area (Å²) in [4.78, 5) is 50.2. The molecule has 2 aliphatic rings. The van der Waals surface area contributed by atoms with Crippen molar-refractivity contribution in [2.45, 2.75) is 57.6 Å². The van der Waals surface area contributed by atoms with Crippen LogP contribution in [-0.2, 0) is 28.6 Å². The fourth-order valence-corrected chi connectivity index (χ4v) is 6.19. The predicted octanol–water partition coefficient (Wildman–Crippen LogP) is 3.69. The summed E-state index contributed by atoms with van der Waals surface area (Å²) in [6.07, 6.45) is 2.40. The molecule has 0 aromatic heterocycles. The highest BCUT2D eigenvalue weighted by atomic mass is 35.5. The lowest BCUT2D eigenvalue weighted by molar-refractivity contribution is -0.384. The van der Waals surface area contributed by atoms with Crippen LogP contribution in [0.15, 0.2) is 77.1 Å². The number of hydrogen-bond acceptors (Lipinski definition) is 12. The van der Waals surface area contributed by atoms with Crippen LogP contribution in [0.5, 0.6) is 5.75 Å². The molecule has 14 nitrogen and oxygen atoms in total. The number of benzene rings is 2. The third-order valence-corrected chi connectivity index (χ3v) is 8.68. The number of dihydropyridines is 1. The molecule has 15 heteroatoms. The maximum atomic E-state index is 13.3. The van der Waals surface area contributed by atoms with Gasteiger partial charge in [-0.2, -0.15) is 0 Å². The molecule has 1 amide bonds. The number of nitrogens with one attached hydrogen (secondary N) is 3. The Morgan fingerprint density at radius 2 is 1.76 bits per heavy atom. The molecule has 1 saturated carbocycles. The van der Waals surface area contributed by atoms with Crippen LogP contribution in [0, 0.1) is 16.0 Å². The van der Waals surface area contributed by atoms with Crippen LogP contribution < -0.4 is 20.7 Å². The van der Waals surface area contributed by atoms with E-state index >= 15 is 0 Å². The normalized spacial score (nSPS) is 19.3. The monoisotopic (exact) mass is 730 g/mol. The Balaban J connectivity index is 0.00000702. The number of rotatable bonds is 17. The zero-order chi connectivity index (χ0) is 36.0. The van der Waals surface area contributed by atoms with Gasteiger partial charge in [-0.1, -0.05) is 30.3 Å². The molecule has 4 N–H and O–H groups in total. The number of nitrogens with zero attached hydrogens (tertiary/aromatic N) is 1. The predicted molar refractivity (Wildman–Crippen MR) is 190 cm³/mol. The molecule has 2 atom stereocenters. The van der Waals surface area contributed by atoms with Gasteiger partial charge >= 0.3 is 11.9 Å². The summed E-state index contributed by atoms with van der Waals surface area (Å²) in [5.41, 5.74) is 1.06. The number of allylic oxidation sites excluding steroid dienone is 1. The van der Waals surface area contributed by atoms with Gasteiger partial charge in [0.05, 0.1) is 54.6 Å². The van der Waals surface area contributed by atoms with E-state index in [9.17, 15) is 29.6 Å². The summed E-state index contributed by atoms with van der Waals surface area (Å²) in [6, 6.07) is 15.3. The van der Waals surface area contributed by atoms with Crippen molar-refractivity contribution in [3.63, 3.8) is 0 Å². The minimum absolute atomic E-state index is 0. The number of ether oxygens (including phenoxy) is 4. The van der Waals surface area contributed by atoms with Crippen LogP contribution in [0.2, 0.25) is 0 Å². The maximum absolute atomic E-state index is 13.3. The van der Waals surface area contributed by atoms with E-state index < -0.39 is 28.9 Å². The Morgan fingerprint density at radius 1 is 1.04 bits per heavy atom. The number of aliphatic hydroxyl groups excluding tert-OH is 1. The molecular formula is C36H47ClN4O10. The van der Waals surface area contributed by atoms with Gasteiger partial charge in [0.15, 0.2) is 0 Å². The van der Waals surface area contributed by atoms with Crippen LogP contribution in [0.3, 0.4) is 0 Å². The summed E-state index contributed by atoms with van der Waals surface area (Å²) in [6.45, 7) is 4.24. The van der Waals surface area contributed by atoms with Crippen molar-refractivity contribution in [1.29, 1.82) is 0 Å². The first-order valence-electron chi connectivity index (χ1n) is 16.8. The van der Waals surface area contributed by atoms with Crippen LogP contribution in [-0.4, -0.2) is 86.6 Å². The second-order valence-corrected chi connectivity index (χ2v) is 12.1. The SMILES string of the molecule is CCOC(=O)C1=C(COCCNC(=O)C2CCC(NCC(O)COc3ccccc3)CC2)NC(C)=C(C(=O)OC)C1c1cccc([N+](=O)[O-])c1.Cl. The molecular weight excluding hydrogens is 684 g/mol. The number of esters is 2. The second kappa shape index (κ2) is 20.4. The molecule has 1 fully saturated rings. The largest absolute Gasteiger partial charge is 0.491 e. The third-order valence-electron chi connectivity index (χ3n) is 8.68. The fraction of sp³-hybridized carbons (Fsp3) is 0.472. The van der Waals surface area contributed by atoms with Crippen molar-refractivity contribution in [3.05, 3.63) is 92.8 Å². The number of nitro groups is 1. The van der Waals surface area contributed by atoms with Crippen molar-refractivity contribution >= 4 is 35.9 Å². The smallest absolute Gasteiger partial charge is 0.336 e.